The van der Waals surface area contributed by atoms with Crippen LogP contribution in [0.25, 0.3) is 0 Å². The topological polar surface area (TPSA) is 74.4 Å². The van der Waals surface area contributed by atoms with Crippen LogP contribution < -0.4 is 26.2 Å². The summed E-state index contributed by atoms with van der Waals surface area (Å²) in [6.07, 6.45) is 0.997. The van der Waals surface area contributed by atoms with Gasteiger partial charge < -0.3 is 15.4 Å². The lowest BCUT2D eigenvalue weighted by Crippen LogP contribution is -2.47. The van der Waals surface area contributed by atoms with Gasteiger partial charge in [0.15, 0.2) is 0 Å². The molecule has 0 radical (unpaired) electrons. The number of amides is 1. The fourth-order valence-electron chi connectivity index (χ4n) is 4.03. The first-order chi connectivity index (χ1) is 13.6. The van der Waals surface area contributed by atoms with Crippen LogP contribution in [0.4, 0.5) is 5.69 Å². The number of anilines is 1. The predicted octanol–water partition coefficient (Wildman–Crippen LogP) is 2.53. The number of ether oxygens (including phenoxy) is 1. The third-order valence-electron chi connectivity index (χ3n) is 5.70. The van der Waals surface area contributed by atoms with Crippen LogP contribution in [-0.2, 0) is 4.79 Å². The van der Waals surface area contributed by atoms with Gasteiger partial charge >= 0.3 is 0 Å². The van der Waals surface area contributed by atoms with Gasteiger partial charge in [-0.15, -0.1) is 0 Å². The second-order valence-corrected chi connectivity index (χ2v) is 7.67. The molecule has 2 aromatic carbocycles. The van der Waals surface area contributed by atoms with E-state index in [-0.39, 0.29) is 24.0 Å². The van der Waals surface area contributed by atoms with Crippen LogP contribution in [-0.4, -0.2) is 31.1 Å². The number of hydrogen-bond donors (Lipinski definition) is 4. The quantitative estimate of drug-likeness (QED) is 0.642. The van der Waals surface area contributed by atoms with Crippen LogP contribution in [0.15, 0.2) is 48.5 Å². The van der Waals surface area contributed by atoms with Gasteiger partial charge in [-0.05, 0) is 56.1 Å². The molecule has 6 heteroatoms. The average molecular weight is 380 g/mol. The number of benzene rings is 2. The number of carbonyl (C=O) groups excluding carboxylic acids is 1. The zero-order valence-electron chi connectivity index (χ0n) is 16.4. The molecule has 1 amide bonds. The summed E-state index contributed by atoms with van der Waals surface area (Å²) in [7, 11) is 0. The Hall–Kier alpha value is -2.41. The molecule has 28 heavy (non-hydrogen) atoms. The van der Waals surface area contributed by atoms with E-state index in [4.69, 9.17) is 4.74 Å². The number of hydrogen-bond acceptors (Lipinski definition) is 5. The summed E-state index contributed by atoms with van der Waals surface area (Å²) in [5.74, 6) is 1.06. The summed E-state index contributed by atoms with van der Waals surface area (Å²) >= 11 is 0. The van der Waals surface area contributed by atoms with Crippen molar-refractivity contribution in [2.45, 2.75) is 38.5 Å². The van der Waals surface area contributed by atoms with Crippen molar-refractivity contribution in [3.8, 4) is 5.75 Å². The first-order valence-electron chi connectivity index (χ1n) is 9.96. The van der Waals surface area contributed by atoms with Crippen molar-refractivity contribution in [2.75, 3.05) is 18.4 Å². The van der Waals surface area contributed by atoms with Gasteiger partial charge in [-0.25, -0.2) is 5.43 Å². The van der Waals surface area contributed by atoms with E-state index >= 15 is 0 Å². The van der Waals surface area contributed by atoms with Gasteiger partial charge in [0.2, 0.25) is 5.91 Å². The summed E-state index contributed by atoms with van der Waals surface area (Å²) in [6.45, 7) is 5.87. The molecule has 2 saturated heterocycles. The van der Waals surface area contributed by atoms with Crippen LogP contribution in [0, 0.1) is 12.8 Å². The maximum atomic E-state index is 12.8. The van der Waals surface area contributed by atoms with Gasteiger partial charge in [0.25, 0.3) is 0 Å². The highest BCUT2D eigenvalue weighted by Gasteiger charge is 2.41. The molecule has 2 heterocycles. The number of fused-ring (bicyclic) bond motifs is 1. The molecule has 2 aliphatic rings. The molecular formula is C22H28N4O2. The molecule has 0 aliphatic carbocycles. The minimum atomic E-state index is -0.230. The molecule has 0 bridgehead atoms. The molecule has 148 valence electrons. The van der Waals surface area contributed by atoms with Gasteiger partial charge in [-0.2, -0.15) is 0 Å². The monoisotopic (exact) mass is 380 g/mol. The maximum absolute atomic E-state index is 12.8. The Morgan fingerprint density at radius 3 is 2.79 bits per heavy atom. The Labute approximate surface area is 166 Å². The molecule has 4 N–H and O–H groups in total. The molecule has 0 saturated carbocycles. The average Bonchev–Trinajstić information content (AvgIpc) is 3.15. The van der Waals surface area contributed by atoms with Crippen molar-refractivity contribution in [3.05, 3.63) is 59.7 Å². The van der Waals surface area contributed by atoms with Crippen molar-refractivity contribution in [1.82, 2.24) is 16.2 Å². The summed E-state index contributed by atoms with van der Waals surface area (Å²) in [4.78, 5) is 12.8. The van der Waals surface area contributed by atoms with Crippen molar-refractivity contribution < 1.29 is 9.53 Å². The number of hydrazine groups is 1. The number of aryl methyl sites for hydroxylation is 1. The number of rotatable bonds is 5. The Morgan fingerprint density at radius 2 is 2.00 bits per heavy atom. The van der Waals surface area contributed by atoms with Gasteiger partial charge in [0.05, 0.1) is 0 Å². The summed E-state index contributed by atoms with van der Waals surface area (Å²) in [5.41, 5.74) is 9.36. The third-order valence-corrected chi connectivity index (χ3v) is 5.70. The maximum Gasteiger partial charge on any atom is 0.243 e. The summed E-state index contributed by atoms with van der Waals surface area (Å²) in [6, 6.07) is 16.1. The van der Waals surface area contributed by atoms with Gasteiger partial charge in [-0.1, -0.05) is 30.3 Å². The van der Waals surface area contributed by atoms with E-state index in [1.165, 1.54) is 0 Å². The van der Waals surface area contributed by atoms with Crippen molar-refractivity contribution in [3.63, 3.8) is 0 Å². The smallest absolute Gasteiger partial charge is 0.243 e. The van der Waals surface area contributed by atoms with Crippen LogP contribution in [0.5, 0.6) is 5.75 Å². The molecule has 2 aromatic rings. The molecular weight excluding hydrogens is 352 g/mol. The molecule has 4 unspecified atom stereocenters. The Kier molecular flexibility index (Phi) is 5.62. The lowest BCUT2D eigenvalue weighted by atomic mass is 9.89. The van der Waals surface area contributed by atoms with Crippen molar-refractivity contribution in [1.29, 1.82) is 0 Å². The van der Waals surface area contributed by atoms with E-state index < -0.39 is 0 Å². The first-order valence-corrected chi connectivity index (χ1v) is 9.96. The third kappa shape index (κ3) is 4.04. The van der Waals surface area contributed by atoms with Crippen LogP contribution in [0.1, 0.15) is 30.6 Å². The number of piperidine rings is 1. The molecule has 4 rings (SSSR count). The van der Waals surface area contributed by atoms with E-state index in [1.54, 1.807) is 0 Å². The van der Waals surface area contributed by atoms with E-state index in [1.807, 2.05) is 50.2 Å². The van der Waals surface area contributed by atoms with E-state index in [2.05, 4.69) is 33.6 Å². The highest BCUT2D eigenvalue weighted by Crippen LogP contribution is 2.27. The second-order valence-electron chi connectivity index (χ2n) is 7.67. The minimum absolute atomic E-state index is 0.00174. The highest BCUT2D eigenvalue weighted by atomic mass is 16.5. The van der Waals surface area contributed by atoms with E-state index in [9.17, 15) is 4.79 Å². The summed E-state index contributed by atoms with van der Waals surface area (Å²) in [5, 5.41) is 6.45. The van der Waals surface area contributed by atoms with Crippen molar-refractivity contribution >= 4 is 11.6 Å². The Balaban J connectivity index is 1.40. The normalized spacial score (nSPS) is 25.0. The first kappa shape index (κ1) is 18.9. The standard InChI is InChI=1S/C22H28N4O2/c1-14-12-17(28-15(2)16-6-4-3-5-7-16)8-9-19(14)24-22(27)21-18-13-23-11-10-20(18)25-26-21/h3-9,12,15,18,20-21,23,25-26H,10-11,13H2,1-2H3,(H,24,27). The fourth-order valence-corrected chi connectivity index (χ4v) is 4.03. The second kappa shape index (κ2) is 8.31. The molecule has 0 spiro atoms. The van der Waals surface area contributed by atoms with Crippen LogP contribution >= 0.6 is 0 Å². The van der Waals surface area contributed by atoms with Crippen molar-refractivity contribution in [2.24, 2.45) is 5.92 Å². The zero-order chi connectivity index (χ0) is 19.5. The Morgan fingerprint density at radius 1 is 1.18 bits per heavy atom. The van der Waals surface area contributed by atoms with Crippen LogP contribution in [0.2, 0.25) is 0 Å². The zero-order valence-corrected chi connectivity index (χ0v) is 16.4. The predicted molar refractivity (Wildman–Crippen MR) is 110 cm³/mol. The van der Waals surface area contributed by atoms with Gasteiger partial charge in [0, 0.05) is 24.2 Å². The molecule has 2 aliphatic heterocycles. The minimum Gasteiger partial charge on any atom is -0.486 e. The SMILES string of the molecule is Cc1cc(OC(C)c2ccccc2)ccc1NC(=O)C1NNC2CCNCC21. The molecule has 0 aromatic heterocycles. The van der Waals surface area contributed by atoms with E-state index in [0.717, 1.165) is 42.1 Å². The number of nitrogens with one attached hydrogen (secondary N) is 4. The summed E-state index contributed by atoms with van der Waals surface area (Å²) < 4.78 is 6.07. The van der Waals surface area contributed by atoms with Crippen LogP contribution in [0.3, 0.4) is 0 Å². The largest absolute Gasteiger partial charge is 0.486 e. The molecule has 6 nitrogen and oxygen atoms in total. The lowest BCUT2D eigenvalue weighted by molar-refractivity contribution is -0.118. The fraction of sp³-hybridized carbons (Fsp3) is 0.409. The van der Waals surface area contributed by atoms with Gasteiger partial charge in [-0.3, -0.25) is 10.2 Å². The lowest BCUT2D eigenvalue weighted by Gasteiger charge is -2.27. The Bertz CT molecular complexity index is 827. The number of carbonyl (C=O) groups is 1. The van der Waals surface area contributed by atoms with Gasteiger partial charge in [0.1, 0.15) is 17.9 Å². The highest BCUT2D eigenvalue weighted by molar-refractivity contribution is 5.96. The van der Waals surface area contributed by atoms with E-state index in [0.29, 0.717) is 6.04 Å². The molecule has 4 atom stereocenters. The molecule has 2 fully saturated rings.